The minimum atomic E-state index is -0.965. The van der Waals surface area contributed by atoms with Crippen molar-refractivity contribution in [3.63, 3.8) is 0 Å². The lowest BCUT2D eigenvalue weighted by atomic mass is 10.1. The number of nitrogens with one attached hydrogen (secondary N) is 2. The van der Waals surface area contributed by atoms with Gasteiger partial charge < -0.3 is 21.6 Å². The Morgan fingerprint density at radius 1 is 1.45 bits per heavy atom. The van der Waals surface area contributed by atoms with Gasteiger partial charge in [0.05, 0.1) is 11.3 Å². The molecule has 0 spiro atoms. The van der Waals surface area contributed by atoms with Crippen molar-refractivity contribution in [2.45, 2.75) is 18.9 Å². The number of hydrogen-bond donors (Lipinski definition) is 4. The van der Waals surface area contributed by atoms with Crippen LogP contribution in [0.25, 0.3) is 0 Å². The average molecular weight is 277 g/mol. The highest BCUT2D eigenvalue weighted by Gasteiger charge is 2.21. The molecule has 0 aromatic heterocycles. The zero-order valence-electron chi connectivity index (χ0n) is 10.6. The Balaban J connectivity index is 2.94. The molecule has 0 bridgehead atoms. The van der Waals surface area contributed by atoms with Gasteiger partial charge in [0, 0.05) is 6.42 Å². The lowest BCUT2D eigenvalue weighted by Gasteiger charge is -2.15. The number of nitrogen functional groups attached to an aromatic ring is 1. The van der Waals surface area contributed by atoms with Gasteiger partial charge in [0.1, 0.15) is 18.0 Å². The Hall–Kier alpha value is -2.77. The monoisotopic (exact) mass is 277 g/mol. The zero-order chi connectivity index (χ0) is 15.1. The number of aldehydes is 1. The number of nitrogens with zero attached hydrogens (tertiary/aromatic N) is 1. The molecule has 8 nitrogen and oxygen atoms in total. The summed E-state index contributed by atoms with van der Waals surface area (Å²) in [5.74, 6) is -1.37. The van der Waals surface area contributed by atoms with Crippen LogP contribution in [0.4, 0.5) is 11.4 Å². The molecule has 6 N–H and O–H groups in total. The summed E-state index contributed by atoms with van der Waals surface area (Å²) in [5.41, 5.74) is 18.0. The summed E-state index contributed by atoms with van der Waals surface area (Å²) in [4.78, 5) is 33.6. The summed E-state index contributed by atoms with van der Waals surface area (Å²) in [6.45, 7) is 0. The summed E-state index contributed by atoms with van der Waals surface area (Å²) in [6.07, 6.45) is 0.841. The molecule has 0 heterocycles. The van der Waals surface area contributed by atoms with Crippen molar-refractivity contribution in [1.82, 2.24) is 5.32 Å². The van der Waals surface area contributed by atoms with E-state index < -0.39 is 17.9 Å². The molecule has 2 amide bonds. The molecule has 1 aromatic carbocycles. The second kappa shape index (κ2) is 6.98. The van der Waals surface area contributed by atoms with Crippen LogP contribution in [0.15, 0.2) is 23.3 Å². The van der Waals surface area contributed by atoms with Crippen LogP contribution in [0.1, 0.15) is 23.2 Å². The highest BCUT2D eigenvalue weighted by Crippen LogP contribution is 2.26. The lowest BCUT2D eigenvalue weighted by molar-refractivity contribution is -0.120. The third-order valence-electron chi connectivity index (χ3n) is 2.65. The third-order valence-corrected chi connectivity index (χ3v) is 2.65. The summed E-state index contributed by atoms with van der Waals surface area (Å²) in [7, 11) is 0. The molecule has 1 aromatic rings. The first kappa shape index (κ1) is 15.3. The smallest absolute Gasteiger partial charge is 0.254 e. The van der Waals surface area contributed by atoms with E-state index in [-0.39, 0.29) is 29.8 Å². The van der Waals surface area contributed by atoms with Gasteiger partial charge in [-0.3, -0.25) is 9.59 Å². The van der Waals surface area contributed by atoms with Crippen LogP contribution in [-0.4, -0.2) is 24.1 Å². The standard InChI is InChI=1S/C12H15N5O3/c13-8-4-1-3-7(10(8)17-15)12(20)16-9(11(14)19)5-2-6-18/h1,3-4,6,9,15H,2,5,13H2,(H2,14,19)(H,16,20). The molecule has 20 heavy (non-hydrogen) atoms. The molecule has 106 valence electrons. The molecule has 1 atom stereocenters. The van der Waals surface area contributed by atoms with Gasteiger partial charge in [-0.1, -0.05) is 6.07 Å². The number of benzene rings is 1. The van der Waals surface area contributed by atoms with Gasteiger partial charge in [-0.15, -0.1) is 0 Å². The van der Waals surface area contributed by atoms with Crippen LogP contribution in [0.3, 0.4) is 0 Å². The van der Waals surface area contributed by atoms with Gasteiger partial charge in [-0.05, 0) is 18.6 Å². The minimum Gasteiger partial charge on any atom is -0.397 e. The van der Waals surface area contributed by atoms with E-state index >= 15 is 0 Å². The quantitative estimate of drug-likeness (QED) is 0.325. The van der Waals surface area contributed by atoms with E-state index in [0.717, 1.165) is 0 Å². The molecule has 8 heteroatoms. The topological polar surface area (TPSA) is 151 Å². The van der Waals surface area contributed by atoms with E-state index in [2.05, 4.69) is 10.4 Å². The van der Waals surface area contributed by atoms with Gasteiger partial charge in [-0.25, -0.2) is 5.53 Å². The molecule has 0 aliphatic carbocycles. The van der Waals surface area contributed by atoms with Crippen LogP contribution in [0.5, 0.6) is 0 Å². The van der Waals surface area contributed by atoms with Crippen molar-refractivity contribution in [1.29, 1.82) is 5.53 Å². The molecule has 0 radical (unpaired) electrons. The molecule has 0 fully saturated rings. The van der Waals surface area contributed by atoms with Crippen LogP contribution in [0.2, 0.25) is 0 Å². The third kappa shape index (κ3) is 3.61. The first-order valence-electron chi connectivity index (χ1n) is 5.81. The van der Waals surface area contributed by atoms with E-state index in [1.807, 2.05) is 0 Å². The fraction of sp³-hybridized carbons (Fsp3) is 0.250. The number of anilines is 1. The van der Waals surface area contributed by atoms with Gasteiger partial charge in [-0.2, -0.15) is 5.11 Å². The second-order valence-electron chi connectivity index (χ2n) is 4.03. The fourth-order valence-electron chi connectivity index (χ4n) is 1.63. The molecular weight excluding hydrogens is 262 g/mol. The van der Waals surface area contributed by atoms with Crippen molar-refractivity contribution in [2.75, 3.05) is 5.73 Å². The number of para-hydroxylation sites is 1. The molecule has 0 aliphatic rings. The maximum atomic E-state index is 12.0. The average Bonchev–Trinajstić information content (AvgIpc) is 2.42. The molecule has 1 rings (SSSR count). The van der Waals surface area contributed by atoms with Gasteiger partial charge >= 0.3 is 0 Å². The van der Waals surface area contributed by atoms with Crippen LogP contribution < -0.4 is 16.8 Å². The zero-order valence-corrected chi connectivity index (χ0v) is 10.6. The normalized spacial score (nSPS) is 11.4. The Bertz CT molecular complexity index is 544. The molecule has 0 saturated heterocycles. The largest absolute Gasteiger partial charge is 0.397 e. The van der Waals surface area contributed by atoms with E-state index in [9.17, 15) is 14.4 Å². The van der Waals surface area contributed by atoms with Gasteiger partial charge in [0.2, 0.25) is 5.91 Å². The van der Waals surface area contributed by atoms with E-state index in [1.54, 1.807) is 0 Å². The number of amides is 2. The Kier molecular flexibility index (Phi) is 5.33. The Labute approximate surface area is 115 Å². The number of nitrogens with two attached hydrogens (primary N) is 2. The molecule has 0 saturated carbocycles. The Morgan fingerprint density at radius 3 is 2.70 bits per heavy atom. The van der Waals surface area contributed by atoms with Crippen molar-refractivity contribution < 1.29 is 14.4 Å². The number of carbonyl (C=O) groups is 3. The second-order valence-corrected chi connectivity index (χ2v) is 4.03. The van der Waals surface area contributed by atoms with E-state index in [0.29, 0.717) is 6.29 Å². The molecular formula is C12H15N5O3. The molecule has 0 aliphatic heterocycles. The van der Waals surface area contributed by atoms with Crippen molar-refractivity contribution in [2.24, 2.45) is 10.8 Å². The van der Waals surface area contributed by atoms with Crippen molar-refractivity contribution in [3.05, 3.63) is 23.8 Å². The number of hydrogen-bond acceptors (Lipinski definition) is 6. The van der Waals surface area contributed by atoms with Gasteiger partial charge in [0.15, 0.2) is 0 Å². The predicted molar refractivity (Wildman–Crippen MR) is 71.4 cm³/mol. The summed E-state index contributed by atoms with van der Waals surface area (Å²) < 4.78 is 0. The maximum Gasteiger partial charge on any atom is 0.254 e. The lowest BCUT2D eigenvalue weighted by Crippen LogP contribution is -2.44. The number of primary amides is 1. The predicted octanol–water partition coefficient (Wildman–Crippen LogP) is 0.494. The van der Waals surface area contributed by atoms with Crippen LogP contribution in [0, 0.1) is 5.53 Å². The van der Waals surface area contributed by atoms with Crippen LogP contribution in [-0.2, 0) is 9.59 Å². The van der Waals surface area contributed by atoms with Crippen LogP contribution >= 0.6 is 0 Å². The highest BCUT2D eigenvalue weighted by molar-refractivity contribution is 6.03. The first-order chi connectivity index (χ1) is 9.51. The summed E-state index contributed by atoms with van der Waals surface area (Å²) in [6, 6.07) is 3.50. The fourth-order valence-corrected chi connectivity index (χ4v) is 1.63. The van der Waals surface area contributed by atoms with Gasteiger partial charge in [0.25, 0.3) is 5.91 Å². The SMILES string of the molecule is N=Nc1c(N)cccc1C(=O)NC(CCC=O)C(N)=O. The van der Waals surface area contributed by atoms with E-state index in [1.165, 1.54) is 18.2 Å². The molecule has 1 unspecified atom stereocenters. The highest BCUT2D eigenvalue weighted by atomic mass is 16.2. The first-order valence-corrected chi connectivity index (χ1v) is 5.81. The maximum absolute atomic E-state index is 12.0. The summed E-state index contributed by atoms with van der Waals surface area (Å²) >= 11 is 0. The van der Waals surface area contributed by atoms with Crippen molar-refractivity contribution >= 4 is 29.5 Å². The number of rotatable bonds is 7. The summed E-state index contributed by atoms with van der Waals surface area (Å²) in [5, 5.41) is 5.60. The Morgan fingerprint density at radius 2 is 2.15 bits per heavy atom. The number of carbonyl (C=O) groups excluding carboxylic acids is 3. The van der Waals surface area contributed by atoms with E-state index in [4.69, 9.17) is 17.0 Å². The van der Waals surface area contributed by atoms with Crippen molar-refractivity contribution in [3.8, 4) is 0 Å². The minimum absolute atomic E-state index is 0.0172.